The second kappa shape index (κ2) is 5.27. The second-order valence-electron chi connectivity index (χ2n) is 4.80. The van der Waals surface area contributed by atoms with Crippen LogP contribution in [0.25, 0.3) is 10.2 Å². The molecular weight excluding hydrogens is 260 g/mol. The van der Waals surface area contributed by atoms with E-state index < -0.39 is 0 Å². The fraction of sp³-hybridized carbons (Fsp3) is 0.429. The molecule has 0 radical (unpaired) electrons. The average molecular weight is 276 g/mol. The van der Waals surface area contributed by atoms with E-state index in [0.29, 0.717) is 12.2 Å². The van der Waals surface area contributed by atoms with Crippen LogP contribution < -0.4 is 5.32 Å². The first-order valence-corrected chi connectivity index (χ1v) is 7.30. The molecule has 0 spiro atoms. The van der Waals surface area contributed by atoms with Crippen molar-refractivity contribution in [1.29, 1.82) is 0 Å². The number of hydrogen-bond acceptors (Lipinski definition) is 4. The molecule has 0 saturated carbocycles. The zero-order valence-corrected chi connectivity index (χ0v) is 11.6. The van der Waals surface area contributed by atoms with E-state index in [1.165, 1.54) is 0 Å². The molecule has 0 aliphatic carbocycles. The summed E-state index contributed by atoms with van der Waals surface area (Å²) in [5.41, 5.74) is 1.65. The molecule has 100 valence electrons. The van der Waals surface area contributed by atoms with E-state index >= 15 is 0 Å². The molecule has 1 aliphatic heterocycles. The molecule has 1 saturated heterocycles. The van der Waals surface area contributed by atoms with Gasteiger partial charge in [0.05, 0.1) is 27.9 Å². The highest BCUT2D eigenvalue weighted by Gasteiger charge is 2.17. The Balaban J connectivity index is 1.76. The lowest BCUT2D eigenvalue weighted by molar-refractivity contribution is 0.0624. The number of fused-ring (bicyclic) bond motifs is 1. The Hall–Kier alpha value is -1.46. The number of rotatable bonds is 2. The van der Waals surface area contributed by atoms with E-state index in [1.807, 2.05) is 25.1 Å². The third kappa shape index (κ3) is 2.77. The van der Waals surface area contributed by atoms with Crippen LogP contribution in [0, 0.1) is 6.92 Å². The van der Waals surface area contributed by atoms with Crippen LogP contribution in [0.5, 0.6) is 0 Å². The summed E-state index contributed by atoms with van der Waals surface area (Å²) in [6.07, 6.45) is 2.01. The van der Waals surface area contributed by atoms with E-state index in [0.717, 1.165) is 34.7 Å². The minimum Gasteiger partial charge on any atom is -0.379 e. The summed E-state index contributed by atoms with van der Waals surface area (Å²) in [4.78, 5) is 16.6. The van der Waals surface area contributed by atoms with E-state index in [1.54, 1.807) is 11.3 Å². The van der Waals surface area contributed by atoms with E-state index in [4.69, 9.17) is 4.74 Å². The Bertz CT molecular complexity index is 603. The van der Waals surface area contributed by atoms with Crippen LogP contribution in [0.4, 0.5) is 0 Å². The summed E-state index contributed by atoms with van der Waals surface area (Å²) in [7, 11) is 0. The summed E-state index contributed by atoms with van der Waals surface area (Å²) in [5.74, 6) is -0.0246. The smallest absolute Gasteiger partial charge is 0.251 e. The Kier molecular flexibility index (Phi) is 3.48. The van der Waals surface area contributed by atoms with Crippen molar-refractivity contribution in [2.24, 2.45) is 0 Å². The molecule has 3 rings (SSSR count). The SMILES string of the molecule is Cc1nc2ccc(C(=O)NC3CCCOC3)cc2s1. The predicted molar refractivity (Wildman–Crippen MR) is 75.7 cm³/mol. The van der Waals surface area contributed by atoms with Gasteiger partial charge in [-0.1, -0.05) is 0 Å². The number of aromatic nitrogens is 1. The largest absolute Gasteiger partial charge is 0.379 e. The quantitative estimate of drug-likeness (QED) is 0.917. The van der Waals surface area contributed by atoms with Crippen molar-refractivity contribution in [1.82, 2.24) is 10.3 Å². The molecule has 2 aromatic rings. The first kappa shape index (κ1) is 12.6. The summed E-state index contributed by atoms with van der Waals surface area (Å²) in [6.45, 7) is 3.40. The van der Waals surface area contributed by atoms with Crippen molar-refractivity contribution in [3.63, 3.8) is 0 Å². The van der Waals surface area contributed by atoms with Gasteiger partial charge in [-0.25, -0.2) is 4.98 Å². The summed E-state index contributed by atoms with van der Waals surface area (Å²) in [6, 6.07) is 5.80. The van der Waals surface area contributed by atoms with E-state index in [2.05, 4.69) is 10.3 Å². The van der Waals surface area contributed by atoms with Gasteiger partial charge in [0, 0.05) is 12.2 Å². The molecule has 1 unspecified atom stereocenters. The van der Waals surface area contributed by atoms with Crippen molar-refractivity contribution >= 4 is 27.5 Å². The number of nitrogens with zero attached hydrogens (tertiary/aromatic N) is 1. The standard InChI is InChI=1S/C14H16N2O2S/c1-9-15-12-5-4-10(7-13(12)19-9)14(17)16-11-3-2-6-18-8-11/h4-5,7,11H,2-3,6,8H2,1H3,(H,16,17). The van der Waals surface area contributed by atoms with E-state index in [9.17, 15) is 4.79 Å². The lowest BCUT2D eigenvalue weighted by Gasteiger charge is -2.23. The van der Waals surface area contributed by atoms with Crippen LogP contribution in [0.15, 0.2) is 18.2 Å². The summed E-state index contributed by atoms with van der Waals surface area (Å²) < 4.78 is 6.43. The van der Waals surface area contributed by atoms with Crippen molar-refractivity contribution < 1.29 is 9.53 Å². The molecule has 1 aromatic carbocycles. The van der Waals surface area contributed by atoms with Gasteiger partial charge in [0.1, 0.15) is 0 Å². The van der Waals surface area contributed by atoms with Gasteiger partial charge in [0.2, 0.25) is 0 Å². The predicted octanol–water partition coefficient (Wildman–Crippen LogP) is 2.51. The third-order valence-corrected chi connectivity index (χ3v) is 4.19. The molecule has 1 fully saturated rings. The lowest BCUT2D eigenvalue weighted by Crippen LogP contribution is -2.40. The zero-order chi connectivity index (χ0) is 13.2. The Morgan fingerprint density at radius 3 is 3.21 bits per heavy atom. The highest BCUT2D eigenvalue weighted by molar-refractivity contribution is 7.18. The lowest BCUT2D eigenvalue weighted by atomic mass is 10.1. The number of thiazole rings is 1. The molecule has 2 heterocycles. The van der Waals surface area contributed by atoms with Gasteiger partial charge in [-0.15, -0.1) is 11.3 Å². The van der Waals surface area contributed by atoms with E-state index in [-0.39, 0.29) is 11.9 Å². The van der Waals surface area contributed by atoms with Gasteiger partial charge < -0.3 is 10.1 Å². The van der Waals surface area contributed by atoms with Crippen LogP contribution in [0.2, 0.25) is 0 Å². The summed E-state index contributed by atoms with van der Waals surface area (Å²) >= 11 is 1.61. The minimum absolute atomic E-state index is 0.0246. The number of amides is 1. The van der Waals surface area contributed by atoms with Crippen molar-refractivity contribution in [2.75, 3.05) is 13.2 Å². The monoisotopic (exact) mass is 276 g/mol. The number of aryl methyl sites for hydroxylation is 1. The van der Waals surface area contributed by atoms with Gasteiger partial charge in [0.15, 0.2) is 0 Å². The first-order chi connectivity index (χ1) is 9.22. The van der Waals surface area contributed by atoms with Crippen LogP contribution in [0.3, 0.4) is 0 Å². The molecule has 1 amide bonds. The maximum absolute atomic E-state index is 12.2. The van der Waals surface area contributed by atoms with Gasteiger partial charge in [-0.3, -0.25) is 4.79 Å². The van der Waals surface area contributed by atoms with Crippen LogP contribution in [-0.2, 0) is 4.74 Å². The molecule has 1 aromatic heterocycles. The topological polar surface area (TPSA) is 51.2 Å². The van der Waals surface area contributed by atoms with Crippen molar-refractivity contribution in [3.8, 4) is 0 Å². The fourth-order valence-corrected chi connectivity index (χ4v) is 3.17. The third-order valence-electron chi connectivity index (χ3n) is 3.25. The molecule has 1 atom stereocenters. The first-order valence-electron chi connectivity index (χ1n) is 6.48. The van der Waals surface area contributed by atoms with Gasteiger partial charge in [0.25, 0.3) is 5.91 Å². The maximum Gasteiger partial charge on any atom is 0.251 e. The van der Waals surface area contributed by atoms with Crippen molar-refractivity contribution in [3.05, 3.63) is 28.8 Å². The molecule has 0 bridgehead atoms. The molecule has 1 aliphatic rings. The van der Waals surface area contributed by atoms with Gasteiger partial charge in [-0.05, 0) is 38.0 Å². The second-order valence-corrected chi connectivity index (χ2v) is 6.04. The highest BCUT2D eigenvalue weighted by atomic mass is 32.1. The molecular formula is C14H16N2O2S. The van der Waals surface area contributed by atoms with Crippen LogP contribution >= 0.6 is 11.3 Å². The Labute approximate surface area is 115 Å². The Morgan fingerprint density at radius 2 is 2.42 bits per heavy atom. The number of carbonyl (C=O) groups is 1. The molecule has 4 nitrogen and oxygen atoms in total. The zero-order valence-electron chi connectivity index (χ0n) is 10.8. The molecule has 19 heavy (non-hydrogen) atoms. The van der Waals surface area contributed by atoms with Crippen LogP contribution in [0.1, 0.15) is 28.2 Å². The fourth-order valence-electron chi connectivity index (χ4n) is 2.30. The average Bonchev–Trinajstić information content (AvgIpc) is 2.78. The maximum atomic E-state index is 12.2. The van der Waals surface area contributed by atoms with Crippen molar-refractivity contribution in [2.45, 2.75) is 25.8 Å². The van der Waals surface area contributed by atoms with Gasteiger partial charge >= 0.3 is 0 Å². The Morgan fingerprint density at radius 1 is 1.53 bits per heavy atom. The number of nitrogens with one attached hydrogen (secondary N) is 1. The normalized spacial score (nSPS) is 19.5. The molecule has 1 N–H and O–H groups in total. The van der Waals surface area contributed by atoms with Gasteiger partial charge in [-0.2, -0.15) is 0 Å². The number of ether oxygens (including phenoxy) is 1. The minimum atomic E-state index is -0.0246. The molecule has 5 heteroatoms. The number of hydrogen-bond donors (Lipinski definition) is 1. The number of carbonyl (C=O) groups excluding carboxylic acids is 1. The number of benzene rings is 1. The summed E-state index contributed by atoms with van der Waals surface area (Å²) in [5, 5.41) is 4.05. The van der Waals surface area contributed by atoms with Crippen LogP contribution in [-0.4, -0.2) is 30.1 Å². The highest BCUT2D eigenvalue weighted by Crippen LogP contribution is 2.22.